The first-order valence-corrected chi connectivity index (χ1v) is 6.67. The van der Waals surface area contributed by atoms with E-state index in [1.807, 2.05) is 39.0 Å². The molecule has 0 aromatic rings. The Bertz CT molecular complexity index is 305. The standard InChI is InChI=1S/C5H5.C5H8.2CO.F6P.Mo/c1-2-4-5-3-1;1-4-5(2)3;2*1-2;1-7(2,3,4,5)6;/h1-5H;4H,1-2H2,3H3;;;;/q;;;;-1;. The first-order chi connectivity index (χ1) is 9.22. The van der Waals surface area contributed by atoms with Gasteiger partial charge in [-0.2, -0.15) is 0 Å². The second-order valence-electron chi connectivity index (χ2n) is 2.97. The molecule has 0 aromatic heterocycles. The summed E-state index contributed by atoms with van der Waals surface area (Å²) < 4.78 is 74.2. The largest absolute Gasteiger partial charge is 0.0312 e. The van der Waals surface area contributed by atoms with Crippen LogP contribution < -0.4 is 0 Å². The molecule has 127 valence electrons. The Morgan fingerprint density at radius 3 is 1.00 bits per heavy atom. The molecule has 2 nitrogen and oxygen atoms in total. The molecule has 5 radical (unpaired) electrons. The van der Waals surface area contributed by atoms with E-state index in [2.05, 4.69) is 26.5 Å². The van der Waals surface area contributed by atoms with Gasteiger partial charge < -0.3 is 0 Å². The first-order valence-electron chi connectivity index (χ1n) is 4.64. The summed E-state index contributed by atoms with van der Waals surface area (Å²) in [6, 6.07) is 0. The predicted octanol–water partition coefficient (Wildman–Crippen LogP) is 6.07. The Labute approximate surface area is 141 Å². The molecule has 1 rings (SSSR count). The van der Waals surface area contributed by atoms with E-state index in [0.29, 0.717) is 0 Å². The van der Waals surface area contributed by atoms with E-state index in [4.69, 9.17) is 9.30 Å². The number of allylic oxidation sites excluding steroid dienone is 2. The van der Waals surface area contributed by atoms with Crippen LogP contribution in [0.5, 0.6) is 0 Å². The van der Waals surface area contributed by atoms with Crippen LogP contribution in [0.15, 0.2) is 24.8 Å². The Kier molecular flexibility index (Phi) is 21.6. The van der Waals surface area contributed by atoms with Crippen LogP contribution in [0.25, 0.3) is 0 Å². The summed E-state index contributed by atoms with van der Waals surface area (Å²) in [6.07, 6.45) is 11.7. The maximum Gasteiger partial charge on any atom is 0 e. The minimum atomic E-state index is -10.7. The van der Waals surface area contributed by atoms with Crippen molar-refractivity contribution in [1.29, 1.82) is 0 Å². The van der Waals surface area contributed by atoms with E-state index in [0.717, 1.165) is 5.57 Å². The van der Waals surface area contributed by atoms with Crippen molar-refractivity contribution in [2.75, 3.05) is 0 Å². The maximum atomic E-state index is 9.87. The van der Waals surface area contributed by atoms with Gasteiger partial charge in [0, 0.05) is 21.1 Å². The molecule has 0 heterocycles. The van der Waals surface area contributed by atoms with Gasteiger partial charge in [-0.05, 0) is 39.0 Å². The molecule has 0 unspecified atom stereocenters. The van der Waals surface area contributed by atoms with Gasteiger partial charge in [-0.25, -0.2) is 0 Å². The van der Waals surface area contributed by atoms with Gasteiger partial charge in [0.2, 0.25) is 0 Å². The van der Waals surface area contributed by atoms with Gasteiger partial charge in [-0.1, -0.05) is 24.8 Å². The van der Waals surface area contributed by atoms with Crippen LogP contribution in [0.2, 0.25) is 0 Å². The number of hydrogen-bond donors (Lipinski definition) is 0. The van der Waals surface area contributed by atoms with Gasteiger partial charge in [0.15, 0.2) is 0 Å². The summed E-state index contributed by atoms with van der Waals surface area (Å²) in [6.45, 7) is 17.9. The molecule has 0 amide bonds. The Hall–Kier alpha value is -0.342. The van der Waals surface area contributed by atoms with Gasteiger partial charge >= 0.3 is 55.6 Å². The Morgan fingerprint density at radius 1 is 0.864 bits per heavy atom. The zero-order valence-corrected chi connectivity index (χ0v) is 14.2. The van der Waals surface area contributed by atoms with Gasteiger partial charge in [0.1, 0.15) is 0 Å². The Morgan fingerprint density at radius 2 is 0.955 bits per heavy atom. The summed E-state index contributed by atoms with van der Waals surface area (Å²) >= 11 is 0. The third-order valence-electron chi connectivity index (χ3n) is 0.904. The third kappa shape index (κ3) is 154. The molecule has 1 saturated carbocycles. The summed E-state index contributed by atoms with van der Waals surface area (Å²) in [7, 11) is -10.7. The maximum absolute atomic E-state index is 10.7. The molecule has 0 atom stereocenters. The van der Waals surface area contributed by atoms with Crippen molar-refractivity contribution in [2.24, 2.45) is 0 Å². The summed E-state index contributed by atoms with van der Waals surface area (Å²) in [5.74, 6) is 0. The smallest absolute Gasteiger partial charge is 0 e. The molecule has 0 saturated heterocycles. The van der Waals surface area contributed by atoms with Crippen LogP contribution in [0, 0.1) is 45.4 Å². The predicted molar refractivity (Wildman–Crippen MR) is 67.9 cm³/mol. The average molecular weight is 430 g/mol. The molecule has 0 N–H and O–H groups in total. The molecular weight excluding hydrogens is 417 g/mol. The van der Waals surface area contributed by atoms with Gasteiger partial charge in [0.05, 0.1) is 0 Å². The zero-order valence-electron chi connectivity index (χ0n) is 11.3. The Balaban J connectivity index is -0.0000000583. The summed E-state index contributed by atoms with van der Waals surface area (Å²) in [5.41, 5.74) is 1.02. The first kappa shape index (κ1) is 33.3. The fraction of sp³-hybridized carbons (Fsp3) is 0.0833. The van der Waals surface area contributed by atoms with Gasteiger partial charge in [0.25, 0.3) is 0 Å². The second-order valence-corrected chi connectivity index (χ2v) is 4.89. The van der Waals surface area contributed by atoms with Crippen molar-refractivity contribution in [3.05, 3.63) is 70.2 Å². The van der Waals surface area contributed by atoms with Crippen LogP contribution in [0.3, 0.4) is 0 Å². The molecule has 1 aliphatic rings. The minimum absolute atomic E-state index is 0. The van der Waals surface area contributed by atoms with E-state index in [-0.39, 0.29) is 21.1 Å². The van der Waals surface area contributed by atoms with E-state index in [1.165, 1.54) is 0 Å². The SMILES string of the molecule is C=CC(=C)C.F[P-](F)(F)(F)(F)F.[C-]#[O+].[C-]#[O+].[CH]1[CH][CH][CH][CH]1.[Mo]. The van der Waals surface area contributed by atoms with Crippen LogP contribution >= 0.6 is 7.81 Å². The van der Waals surface area contributed by atoms with Crippen LogP contribution in [0.4, 0.5) is 25.2 Å². The van der Waals surface area contributed by atoms with Crippen LogP contribution in [-0.2, 0) is 30.4 Å². The molecular formula is C12H13F6MoO2P-. The van der Waals surface area contributed by atoms with Crippen molar-refractivity contribution < 1.29 is 55.6 Å². The van der Waals surface area contributed by atoms with E-state index < -0.39 is 7.81 Å². The van der Waals surface area contributed by atoms with Crippen molar-refractivity contribution in [3.8, 4) is 0 Å². The topological polar surface area (TPSA) is 39.8 Å². The monoisotopic (exact) mass is 432 g/mol. The molecule has 0 bridgehead atoms. The molecule has 1 fully saturated rings. The van der Waals surface area contributed by atoms with Crippen molar-refractivity contribution in [1.82, 2.24) is 0 Å². The average Bonchev–Trinajstić information content (AvgIpc) is 2.89. The van der Waals surface area contributed by atoms with Gasteiger partial charge in [-0.15, -0.1) is 0 Å². The van der Waals surface area contributed by atoms with E-state index in [1.54, 1.807) is 6.08 Å². The zero-order chi connectivity index (χ0) is 18.2. The van der Waals surface area contributed by atoms with E-state index >= 15 is 0 Å². The molecule has 1 aliphatic carbocycles. The number of halogens is 6. The molecule has 10 heteroatoms. The second kappa shape index (κ2) is 14.3. The molecule has 0 spiro atoms. The third-order valence-corrected chi connectivity index (χ3v) is 0.904. The molecule has 0 aliphatic heterocycles. The minimum Gasteiger partial charge on any atom is -0.0312 e. The van der Waals surface area contributed by atoms with Crippen LogP contribution in [0.1, 0.15) is 6.92 Å². The number of rotatable bonds is 1. The normalized spacial score (nSPS) is 14.5. The van der Waals surface area contributed by atoms with Gasteiger partial charge in [-0.3, -0.25) is 0 Å². The summed E-state index contributed by atoms with van der Waals surface area (Å²) in [4.78, 5) is 0. The summed E-state index contributed by atoms with van der Waals surface area (Å²) in [5, 5.41) is 0. The van der Waals surface area contributed by atoms with Crippen molar-refractivity contribution >= 4 is 7.81 Å². The van der Waals surface area contributed by atoms with Crippen molar-refractivity contribution in [3.63, 3.8) is 0 Å². The van der Waals surface area contributed by atoms with Crippen LogP contribution in [-0.4, -0.2) is 0 Å². The molecule has 22 heavy (non-hydrogen) atoms. The fourth-order valence-corrected chi connectivity index (χ4v) is 0.321. The quantitative estimate of drug-likeness (QED) is 0.121. The van der Waals surface area contributed by atoms with Crippen molar-refractivity contribution in [2.45, 2.75) is 6.92 Å². The number of hydrogen-bond acceptors (Lipinski definition) is 0. The molecule has 0 aromatic carbocycles. The fourth-order valence-electron chi connectivity index (χ4n) is 0.321. The van der Waals surface area contributed by atoms with E-state index in [9.17, 15) is 25.2 Å².